The van der Waals surface area contributed by atoms with Gasteiger partial charge in [-0.3, -0.25) is 4.79 Å². The largest absolute Gasteiger partial charge is 0.339 e. The maximum atomic E-state index is 13.2. The Bertz CT molecular complexity index is 629. The molecule has 1 aliphatic rings. The Balaban J connectivity index is 1.87. The summed E-state index contributed by atoms with van der Waals surface area (Å²) in [6.07, 6.45) is 3.46. The summed E-state index contributed by atoms with van der Waals surface area (Å²) in [7, 11) is 0. The third-order valence-electron chi connectivity index (χ3n) is 4.41. The molecule has 2 aromatic rings. The molecular weight excluding hydrogens is 302 g/mol. The van der Waals surface area contributed by atoms with Gasteiger partial charge in [0.25, 0.3) is 0 Å². The molecule has 120 valence electrons. The molecule has 0 bridgehead atoms. The highest BCUT2D eigenvalue weighted by Crippen LogP contribution is 2.37. The van der Waals surface area contributed by atoms with Crippen LogP contribution in [0.3, 0.4) is 0 Å². The number of carbonyl (C=O) groups excluding carboxylic acids is 1. The van der Waals surface area contributed by atoms with Crippen LogP contribution in [0.5, 0.6) is 0 Å². The van der Waals surface area contributed by atoms with Gasteiger partial charge < -0.3 is 4.90 Å². The van der Waals surface area contributed by atoms with E-state index >= 15 is 0 Å². The topological polar surface area (TPSA) is 20.3 Å². The normalized spacial score (nSPS) is 19.3. The van der Waals surface area contributed by atoms with E-state index in [1.165, 1.54) is 6.42 Å². The number of thioether (sulfide) groups is 1. The molecule has 1 aliphatic heterocycles. The van der Waals surface area contributed by atoms with Crippen molar-refractivity contribution in [1.82, 2.24) is 4.90 Å². The molecule has 1 amide bonds. The second-order valence-corrected chi connectivity index (χ2v) is 7.28. The lowest BCUT2D eigenvalue weighted by atomic mass is 10.0. The van der Waals surface area contributed by atoms with Gasteiger partial charge in [-0.2, -0.15) is 0 Å². The van der Waals surface area contributed by atoms with Crippen LogP contribution in [-0.2, 0) is 4.79 Å². The number of hydrogen-bond acceptors (Lipinski definition) is 2. The quantitative estimate of drug-likeness (QED) is 0.744. The number of piperidine rings is 1. The Hall–Kier alpha value is -1.74. The van der Waals surface area contributed by atoms with Gasteiger partial charge in [0.05, 0.1) is 0 Å². The molecule has 2 nitrogen and oxygen atoms in total. The van der Waals surface area contributed by atoms with Crippen LogP contribution < -0.4 is 0 Å². The van der Waals surface area contributed by atoms with Gasteiger partial charge in [0, 0.05) is 17.5 Å². The minimum Gasteiger partial charge on any atom is -0.339 e. The number of amides is 1. The van der Waals surface area contributed by atoms with Gasteiger partial charge in [0.2, 0.25) is 5.91 Å². The fourth-order valence-electron chi connectivity index (χ4n) is 3.10. The van der Waals surface area contributed by atoms with Crippen LogP contribution in [0.2, 0.25) is 0 Å². The molecule has 0 aromatic heterocycles. The van der Waals surface area contributed by atoms with Crippen molar-refractivity contribution in [2.75, 3.05) is 6.54 Å². The molecule has 0 unspecified atom stereocenters. The summed E-state index contributed by atoms with van der Waals surface area (Å²) >= 11 is 1.65. The second kappa shape index (κ2) is 7.69. The van der Waals surface area contributed by atoms with Gasteiger partial charge in [-0.15, -0.1) is 11.8 Å². The van der Waals surface area contributed by atoms with Crippen LogP contribution >= 0.6 is 11.8 Å². The third kappa shape index (κ3) is 3.97. The van der Waals surface area contributed by atoms with E-state index in [2.05, 4.69) is 36.1 Å². The van der Waals surface area contributed by atoms with E-state index < -0.39 is 0 Å². The SMILES string of the molecule is C[C@H]1CCCCN1C(=O)[C@H](Sc1ccccc1)c1ccccc1. The fourth-order valence-corrected chi connectivity index (χ4v) is 4.22. The summed E-state index contributed by atoms with van der Waals surface area (Å²) in [5.74, 6) is 0.247. The molecule has 0 aliphatic carbocycles. The van der Waals surface area contributed by atoms with Crippen LogP contribution in [0.1, 0.15) is 37.0 Å². The number of benzene rings is 2. The first-order chi connectivity index (χ1) is 11.3. The van der Waals surface area contributed by atoms with Crippen LogP contribution in [-0.4, -0.2) is 23.4 Å². The first kappa shape index (κ1) is 16.1. The average molecular weight is 325 g/mol. The standard InChI is InChI=1S/C20H23NOS/c1-16-10-8-9-15-21(16)20(22)19(17-11-4-2-5-12-17)23-18-13-6-3-7-14-18/h2-7,11-14,16,19H,8-10,15H2,1H3/t16-,19+/m0/s1. The van der Waals surface area contributed by atoms with E-state index in [0.717, 1.165) is 29.8 Å². The predicted octanol–water partition coefficient (Wildman–Crippen LogP) is 4.92. The van der Waals surface area contributed by atoms with Gasteiger partial charge >= 0.3 is 0 Å². The summed E-state index contributed by atoms with van der Waals surface area (Å²) < 4.78 is 0. The van der Waals surface area contributed by atoms with Gasteiger partial charge in [-0.05, 0) is 43.9 Å². The highest BCUT2D eigenvalue weighted by Gasteiger charge is 2.31. The molecule has 1 saturated heterocycles. The maximum absolute atomic E-state index is 13.2. The molecule has 3 rings (SSSR count). The Labute approximate surface area is 142 Å². The highest BCUT2D eigenvalue weighted by molar-refractivity contribution is 8.00. The summed E-state index contributed by atoms with van der Waals surface area (Å²) in [6.45, 7) is 3.06. The number of hydrogen-bond donors (Lipinski definition) is 0. The zero-order valence-corrected chi connectivity index (χ0v) is 14.3. The molecule has 2 aromatic carbocycles. The molecule has 0 N–H and O–H groups in total. The number of likely N-dealkylation sites (tertiary alicyclic amines) is 1. The van der Waals surface area contributed by atoms with E-state index in [4.69, 9.17) is 0 Å². The van der Waals surface area contributed by atoms with Crippen LogP contribution in [0, 0.1) is 0 Å². The third-order valence-corrected chi connectivity index (χ3v) is 5.66. The summed E-state index contributed by atoms with van der Waals surface area (Å²) in [5.41, 5.74) is 1.09. The van der Waals surface area contributed by atoms with Crippen molar-refractivity contribution < 1.29 is 4.79 Å². The van der Waals surface area contributed by atoms with E-state index in [0.29, 0.717) is 6.04 Å². The molecule has 2 atom stereocenters. The Morgan fingerprint density at radius 2 is 1.70 bits per heavy atom. The van der Waals surface area contributed by atoms with E-state index in [1.807, 2.05) is 36.4 Å². The molecule has 23 heavy (non-hydrogen) atoms. The Morgan fingerprint density at radius 1 is 1.04 bits per heavy atom. The van der Waals surface area contributed by atoms with Crippen LogP contribution in [0.15, 0.2) is 65.6 Å². The van der Waals surface area contributed by atoms with E-state index in [-0.39, 0.29) is 11.2 Å². The lowest BCUT2D eigenvalue weighted by Crippen LogP contribution is -2.43. The van der Waals surface area contributed by atoms with Crippen molar-refractivity contribution in [2.45, 2.75) is 42.4 Å². The zero-order chi connectivity index (χ0) is 16.1. The molecule has 3 heteroatoms. The fraction of sp³-hybridized carbons (Fsp3) is 0.350. The number of carbonyl (C=O) groups is 1. The summed E-state index contributed by atoms with van der Waals surface area (Å²) in [5, 5.41) is -0.167. The van der Waals surface area contributed by atoms with Crippen molar-refractivity contribution in [2.24, 2.45) is 0 Å². The Kier molecular flexibility index (Phi) is 5.39. The lowest BCUT2D eigenvalue weighted by Gasteiger charge is -2.36. The molecule has 0 radical (unpaired) electrons. The molecule has 0 saturated carbocycles. The molecule has 1 fully saturated rings. The summed E-state index contributed by atoms with van der Waals surface area (Å²) in [4.78, 5) is 16.4. The van der Waals surface area contributed by atoms with E-state index in [9.17, 15) is 4.79 Å². The maximum Gasteiger partial charge on any atom is 0.240 e. The van der Waals surface area contributed by atoms with Crippen molar-refractivity contribution in [1.29, 1.82) is 0 Å². The van der Waals surface area contributed by atoms with Crippen LogP contribution in [0.4, 0.5) is 0 Å². The average Bonchev–Trinajstić information content (AvgIpc) is 2.61. The first-order valence-electron chi connectivity index (χ1n) is 8.33. The van der Waals surface area contributed by atoms with Gasteiger partial charge in [-0.1, -0.05) is 48.5 Å². The van der Waals surface area contributed by atoms with Crippen molar-refractivity contribution in [3.05, 3.63) is 66.2 Å². The summed E-state index contributed by atoms with van der Waals surface area (Å²) in [6, 6.07) is 20.7. The van der Waals surface area contributed by atoms with Gasteiger partial charge in [-0.25, -0.2) is 0 Å². The zero-order valence-electron chi connectivity index (χ0n) is 13.5. The monoisotopic (exact) mass is 325 g/mol. The molecular formula is C20H23NOS. The van der Waals surface area contributed by atoms with Gasteiger partial charge in [0.1, 0.15) is 5.25 Å². The minimum absolute atomic E-state index is 0.167. The van der Waals surface area contributed by atoms with E-state index in [1.54, 1.807) is 11.8 Å². The molecule has 1 heterocycles. The molecule has 0 spiro atoms. The first-order valence-corrected chi connectivity index (χ1v) is 9.21. The number of rotatable bonds is 4. The van der Waals surface area contributed by atoms with Crippen LogP contribution in [0.25, 0.3) is 0 Å². The second-order valence-electron chi connectivity index (χ2n) is 6.10. The smallest absolute Gasteiger partial charge is 0.240 e. The van der Waals surface area contributed by atoms with Crippen molar-refractivity contribution >= 4 is 17.7 Å². The van der Waals surface area contributed by atoms with Crippen molar-refractivity contribution in [3.63, 3.8) is 0 Å². The lowest BCUT2D eigenvalue weighted by molar-refractivity contribution is -0.133. The van der Waals surface area contributed by atoms with Crippen molar-refractivity contribution in [3.8, 4) is 0 Å². The number of nitrogens with zero attached hydrogens (tertiary/aromatic N) is 1. The van der Waals surface area contributed by atoms with Gasteiger partial charge in [0.15, 0.2) is 0 Å². The highest BCUT2D eigenvalue weighted by atomic mass is 32.2. The minimum atomic E-state index is -0.167. The predicted molar refractivity (Wildman–Crippen MR) is 96.5 cm³/mol. The Morgan fingerprint density at radius 3 is 2.35 bits per heavy atom.